The number of nitrogens with one attached hydrogen (secondary N) is 1. The van der Waals surface area contributed by atoms with Gasteiger partial charge in [0.25, 0.3) is 0 Å². The number of rotatable bonds is 10. The number of benzene rings is 1. The molecule has 0 aliphatic rings. The molecule has 0 amide bonds. The lowest BCUT2D eigenvalue weighted by atomic mass is 9.88. The van der Waals surface area contributed by atoms with Gasteiger partial charge in [0.1, 0.15) is 5.75 Å². The average Bonchev–Trinajstić information content (AvgIpc) is 2.41. The van der Waals surface area contributed by atoms with E-state index >= 15 is 0 Å². The SMILES string of the molecule is COCCNCC(C)(C)CCCOc1ccccc1. The lowest BCUT2D eigenvalue weighted by Crippen LogP contribution is -2.31. The first-order chi connectivity index (χ1) is 9.14. The van der Waals surface area contributed by atoms with Crippen LogP contribution in [-0.4, -0.2) is 33.4 Å². The molecule has 108 valence electrons. The molecule has 0 unspecified atom stereocenters. The maximum Gasteiger partial charge on any atom is 0.119 e. The molecule has 3 heteroatoms. The fraction of sp³-hybridized carbons (Fsp3) is 0.625. The summed E-state index contributed by atoms with van der Waals surface area (Å²) < 4.78 is 10.7. The van der Waals surface area contributed by atoms with E-state index in [1.165, 1.54) is 0 Å². The fourth-order valence-electron chi connectivity index (χ4n) is 1.95. The summed E-state index contributed by atoms with van der Waals surface area (Å²) in [5.74, 6) is 0.957. The molecule has 0 spiro atoms. The molecule has 0 radical (unpaired) electrons. The molecule has 3 nitrogen and oxygen atoms in total. The van der Waals surface area contributed by atoms with Crippen LogP contribution in [0.1, 0.15) is 26.7 Å². The monoisotopic (exact) mass is 265 g/mol. The molecule has 19 heavy (non-hydrogen) atoms. The topological polar surface area (TPSA) is 30.5 Å². The van der Waals surface area contributed by atoms with Crippen LogP contribution in [0.2, 0.25) is 0 Å². The highest BCUT2D eigenvalue weighted by Crippen LogP contribution is 2.21. The third kappa shape index (κ3) is 7.85. The van der Waals surface area contributed by atoms with Crippen LogP contribution in [0.25, 0.3) is 0 Å². The highest BCUT2D eigenvalue weighted by molar-refractivity contribution is 5.20. The van der Waals surface area contributed by atoms with Gasteiger partial charge in [-0.25, -0.2) is 0 Å². The molecule has 1 aromatic carbocycles. The lowest BCUT2D eigenvalue weighted by Gasteiger charge is -2.25. The highest BCUT2D eigenvalue weighted by Gasteiger charge is 2.16. The summed E-state index contributed by atoms with van der Waals surface area (Å²) in [5, 5.41) is 3.42. The third-order valence-corrected chi connectivity index (χ3v) is 3.10. The number of ether oxygens (including phenoxy) is 2. The molecular weight excluding hydrogens is 238 g/mol. The van der Waals surface area contributed by atoms with Crippen molar-refractivity contribution in [3.63, 3.8) is 0 Å². The predicted octanol–water partition coefficient (Wildman–Crippen LogP) is 3.11. The van der Waals surface area contributed by atoms with Gasteiger partial charge in [0, 0.05) is 20.2 Å². The summed E-state index contributed by atoms with van der Waals surface area (Å²) >= 11 is 0. The quantitative estimate of drug-likeness (QED) is 0.659. The standard InChI is InChI=1S/C16H27NO2/c1-16(2,14-17-11-13-18-3)10-7-12-19-15-8-5-4-6-9-15/h4-6,8-9,17H,7,10-14H2,1-3H3. The Morgan fingerprint density at radius 3 is 2.53 bits per heavy atom. The number of hydrogen-bond acceptors (Lipinski definition) is 3. The third-order valence-electron chi connectivity index (χ3n) is 3.10. The van der Waals surface area contributed by atoms with Crippen LogP contribution in [0, 0.1) is 5.41 Å². The molecule has 0 saturated carbocycles. The Morgan fingerprint density at radius 2 is 1.84 bits per heavy atom. The van der Waals surface area contributed by atoms with E-state index in [1.807, 2.05) is 30.3 Å². The summed E-state index contributed by atoms with van der Waals surface area (Å²) in [7, 11) is 1.73. The molecule has 1 aromatic rings. The van der Waals surface area contributed by atoms with Gasteiger partial charge >= 0.3 is 0 Å². The zero-order valence-corrected chi connectivity index (χ0v) is 12.4. The minimum Gasteiger partial charge on any atom is -0.494 e. The van der Waals surface area contributed by atoms with Gasteiger partial charge in [0.15, 0.2) is 0 Å². The van der Waals surface area contributed by atoms with Crippen molar-refractivity contribution in [2.75, 3.05) is 33.4 Å². The second kappa shape index (κ2) is 8.94. The predicted molar refractivity (Wildman–Crippen MR) is 79.7 cm³/mol. The molecule has 0 saturated heterocycles. The zero-order valence-electron chi connectivity index (χ0n) is 12.4. The first kappa shape index (κ1) is 16.0. The lowest BCUT2D eigenvalue weighted by molar-refractivity contribution is 0.190. The Kier molecular flexibility index (Phi) is 7.53. The number of methoxy groups -OCH3 is 1. The van der Waals surface area contributed by atoms with Crippen molar-refractivity contribution in [3.05, 3.63) is 30.3 Å². The molecule has 1 rings (SSSR count). The molecule has 0 aliphatic carbocycles. The highest BCUT2D eigenvalue weighted by atomic mass is 16.5. The molecule has 0 aromatic heterocycles. The maximum absolute atomic E-state index is 5.70. The van der Waals surface area contributed by atoms with E-state index < -0.39 is 0 Å². The van der Waals surface area contributed by atoms with Crippen LogP contribution in [0.3, 0.4) is 0 Å². The largest absolute Gasteiger partial charge is 0.494 e. The fourth-order valence-corrected chi connectivity index (χ4v) is 1.95. The van der Waals surface area contributed by atoms with E-state index in [0.717, 1.165) is 44.9 Å². The zero-order chi connectivity index (χ0) is 14.0. The van der Waals surface area contributed by atoms with Gasteiger partial charge in [-0.05, 0) is 30.4 Å². The Hall–Kier alpha value is -1.06. The van der Waals surface area contributed by atoms with E-state index in [2.05, 4.69) is 19.2 Å². The number of para-hydroxylation sites is 1. The first-order valence-electron chi connectivity index (χ1n) is 7.01. The van der Waals surface area contributed by atoms with Crippen molar-refractivity contribution in [1.82, 2.24) is 5.32 Å². The van der Waals surface area contributed by atoms with Gasteiger partial charge in [0.2, 0.25) is 0 Å². The van der Waals surface area contributed by atoms with E-state index in [0.29, 0.717) is 5.41 Å². The summed E-state index contributed by atoms with van der Waals surface area (Å²) in [4.78, 5) is 0. The minimum absolute atomic E-state index is 0.299. The molecule has 0 fully saturated rings. The van der Waals surface area contributed by atoms with Crippen LogP contribution < -0.4 is 10.1 Å². The Bertz CT molecular complexity index is 325. The van der Waals surface area contributed by atoms with Gasteiger partial charge in [-0.15, -0.1) is 0 Å². The average molecular weight is 265 g/mol. The molecule has 0 aliphatic heterocycles. The number of hydrogen-bond donors (Lipinski definition) is 1. The van der Waals surface area contributed by atoms with Crippen molar-refractivity contribution in [2.45, 2.75) is 26.7 Å². The summed E-state index contributed by atoms with van der Waals surface area (Å²) in [6.07, 6.45) is 2.23. The van der Waals surface area contributed by atoms with Gasteiger partial charge in [-0.3, -0.25) is 0 Å². The Morgan fingerprint density at radius 1 is 1.11 bits per heavy atom. The van der Waals surface area contributed by atoms with E-state index in [1.54, 1.807) is 7.11 Å². The van der Waals surface area contributed by atoms with Gasteiger partial charge in [-0.2, -0.15) is 0 Å². The van der Waals surface area contributed by atoms with E-state index in [-0.39, 0.29) is 0 Å². The van der Waals surface area contributed by atoms with Gasteiger partial charge < -0.3 is 14.8 Å². The van der Waals surface area contributed by atoms with Crippen LogP contribution in [-0.2, 0) is 4.74 Å². The van der Waals surface area contributed by atoms with Crippen LogP contribution in [0.5, 0.6) is 5.75 Å². The Balaban J connectivity index is 2.10. The minimum atomic E-state index is 0.299. The van der Waals surface area contributed by atoms with Crippen LogP contribution in [0.4, 0.5) is 0 Å². The van der Waals surface area contributed by atoms with E-state index in [4.69, 9.17) is 9.47 Å². The van der Waals surface area contributed by atoms with Crippen molar-refractivity contribution >= 4 is 0 Å². The molecular formula is C16H27NO2. The normalized spacial score (nSPS) is 11.5. The Labute approximate surface area is 117 Å². The van der Waals surface area contributed by atoms with Crippen LogP contribution >= 0.6 is 0 Å². The molecule has 0 bridgehead atoms. The second-order valence-electron chi connectivity index (χ2n) is 5.60. The molecule has 1 N–H and O–H groups in total. The second-order valence-corrected chi connectivity index (χ2v) is 5.60. The smallest absolute Gasteiger partial charge is 0.119 e. The van der Waals surface area contributed by atoms with Crippen LogP contribution in [0.15, 0.2) is 30.3 Å². The van der Waals surface area contributed by atoms with Gasteiger partial charge in [0.05, 0.1) is 13.2 Å². The summed E-state index contributed by atoms with van der Waals surface area (Å²) in [5.41, 5.74) is 0.299. The van der Waals surface area contributed by atoms with Crippen molar-refractivity contribution < 1.29 is 9.47 Å². The molecule has 0 heterocycles. The van der Waals surface area contributed by atoms with Crippen molar-refractivity contribution in [3.8, 4) is 5.75 Å². The van der Waals surface area contributed by atoms with Crippen molar-refractivity contribution in [1.29, 1.82) is 0 Å². The maximum atomic E-state index is 5.70. The van der Waals surface area contributed by atoms with Crippen molar-refractivity contribution in [2.24, 2.45) is 5.41 Å². The summed E-state index contributed by atoms with van der Waals surface area (Å²) in [6, 6.07) is 9.99. The molecule has 0 atom stereocenters. The summed E-state index contributed by atoms with van der Waals surface area (Å²) in [6.45, 7) is 8.06. The first-order valence-corrected chi connectivity index (χ1v) is 7.01. The van der Waals surface area contributed by atoms with E-state index in [9.17, 15) is 0 Å². The van der Waals surface area contributed by atoms with Gasteiger partial charge in [-0.1, -0.05) is 32.0 Å².